The summed E-state index contributed by atoms with van der Waals surface area (Å²) in [6, 6.07) is 6.32. The van der Waals surface area contributed by atoms with Crippen LogP contribution in [-0.2, 0) is 0 Å². The van der Waals surface area contributed by atoms with Crippen molar-refractivity contribution >= 4 is 0 Å². The molecule has 0 heterocycles. The average molecular weight is 294 g/mol. The molecule has 0 aromatic heterocycles. The lowest BCUT2D eigenvalue weighted by molar-refractivity contribution is 0.286. The van der Waals surface area contributed by atoms with Gasteiger partial charge in [-0.1, -0.05) is 19.9 Å². The minimum absolute atomic E-state index is 0.266. The molecule has 120 valence electrons. The summed E-state index contributed by atoms with van der Waals surface area (Å²) < 4.78 is 10.8. The highest BCUT2D eigenvalue weighted by Gasteiger charge is 2.18. The molecule has 0 aliphatic carbocycles. The third-order valence-electron chi connectivity index (χ3n) is 3.56. The fraction of sp³-hybridized carbons (Fsp3) is 0.647. The van der Waals surface area contributed by atoms with E-state index in [2.05, 4.69) is 37.2 Å². The van der Waals surface area contributed by atoms with Gasteiger partial charge in [-0.3, -0.25) is 0 Å². The second-order valence-corrected chi connectivity index (χ2v) is 5.38. The predicted molar refractivity (Wildman–Crippen MR) is 88.4 cm³/mol. The zero-order chi connectivity index (χ0) is 15.7. The van der Waals surface area contributed by atoms with Gasteiger partial charge in [0.1, 0.15) is 11.5 Å². The van der Waals surface area contributed by atoms with E-state index in [0.717, 1.165) is 44.0 Å². The van der Waals surface area contributed by atoms with Crippen molar-refractivity contribution in [3.8, 4) is 11.5 Å². The van der Waals surface area contributed by atoms with Crippen LogP contribution in [0.4, 0.5) is 0 Å². The predicted octanol–water partition coefficient (Wildman–Crippen LogP) is 3.09. The summed E-state index contributed by atoms with van der Waals surface area (Å²) in [7, 11) is 5.56. The number of nitrogens with one attached hydrogen (secondary N) is 1. The Kier molecular flexibility index (Phi) is 8.16. The molecule has 1 rings (SSSR count). The van der Waals surface area contributed by atoms with E-state index in [4.69, 9.17) is 9.47 Å². The highest BCUT2D eigenvalue weighted by molar-refractivity contribution is 5.42. The summed E-state index contributed by atoms with van der Waals surface area (Å²) in [6.07, 6.45) is 2.28. The smallest absolute Gasteiger partial charge is 0.127 e. The monoisotopic (exact) mass is 294 g/mol. The van der Waals surface area contributed by atoms with Gasteiger partial charge in [0.2, 0.25) is 0 Å². The lowest BCUT2D eigenvalue weighted by Crippen LogP contribution is -2.34. The minimum Gasteiger partial charge on any atom is -0.497 e. The van der Waals surface area contributed by atoms with Crippen LogP contribution in [0.25, 0.3) is 0 Å². The molecule has 0 bridgehead atoms. The maximum Gasteiger partial charge on any atom is 0.127 e. The molecular formula is C17H30N2O2. The molecule has 1 aromatic rings. The van der Waals surface area contributed by atoms with Gasteiger partial charge in [-0.15, -0.1) is 0 Å². The molecule has 4 nitrogen and oxygen atoms in total. The maximum atomic E-state index is 5.55. The van der Waals surface area contributed by atoms with Crippen molar-refractivity contribution in [1.82, 2.24) is 10.2 Å². The molecule has 1 aromatic carbocycles. The van der Waals surface area contributed by atoms with E-state index in [-0.39, 0.29) is 6.04 Å². The third kappa shape index (κ3) is 5.56. The summed E-state index contributed by atoms with van der Waals surface area (Å²) in [6.45, 7) is 7.46. The second kappa shape index (κ2) is 9.64. The fourth-order valence-electron chi connectivity index (χ4n) is 2.48. The Morgan fingerprint density at radius 2 is 1.90 bits per heavy atom. The molecule has 1 unspecified atom stereocenters. The van der Waals surface area contributed by atoms with Crippen molar-refractivity contribution in [2.24, 2.45) is 0 Å². The Hall–Kier alpha value is -1.26. The number of ether oxygens (including phenoxy) is 2. The number of methoxy groups -OCH3 is 2. The van der Waals surface area contributed by atoms with E-state index in [1.165, 1.54) is 5.56 Å². The molecule has 21 heavy (non-hydrogen) atoms. The summed E-state index contributed by atoms with van der Waals surface area (Å²) >= 11 is 0. The molecule has 0 aliphatic heterocycles. The quantitative estimate of drug-likeness (QED) is 0.719. The second-order valence-electron chi connectivity index (χ2n) is 5.38. The Morgan fingerprint density at radius 1 is 1.14 bits per heavy atom. The van der Waals surface area contributed by atoms with E-state index >= 15 is 0 Å². The molecule has 0 fully saturated rings. The van der Waals surface area contributed by atoms with E-state index in [0.29, 0.717) is 0 Å². The summed E-state index contributed by atoms with van der Waals surface area (Å²) in [5, 5.41) is 3.62. The number of likely N-dealkylation sites (N-methyl/N-ethyl adjacent to an activating group) is 1. The third-order valence-corrected chi connectivity index (χ3v) is 3.56. The van der Waals surface area contributed by atoms with Crippen LogP contribution < -0.4 is 14.8 Å². The number of rotatable bonds is 10. The minimum atomic E-state index is 0.266. The van der Waals surface area contributed by atoms with E-state index < -0.39 is 0 Å². The Bertz CT molecular complexity index is 410. The van der Waals surface area contributed by atoms with Crippen molar-refractivity contribution < 1.29 is 9.47 Å². The zero-order valence-corrected chi connectivity index (χ0v) is 14.1. The van der Waals surface area contributed by atoms with Crippen LogP contribution in [0.15, 0.2) is 18.2 Å². The topological polar surface area (TPSA) is 33.7 Å². The zero-order valence-electron chi connectivity index (χ0n) is 14.1. The van der Waals surface area contributed by atoms with E-state index in [9.17, 15) is 0 Å². The van der Waals surface area contributed by atoms with Crippen molar-refractivity contribution in [3.05, 3.63) is 23.8 Å². The first kappa shape index (κ1) is 17.8. The molecule has 1 atom stereocenters. The van der Waals surface area contributed by atoms with Gasteiger partial charge in [-0.05, 0) is 39.0 Å². The molecular weight excluding hydrogens is 264 g/mol. The van der Waals surface area contributed by atoms with Crippen LogP contribution in [0.2, 0.25) is 0 Å². The molecule has 0 radical (unpaired) electrons. The van der Waals surface area contributed by atoms with Crippen LogP contribution in [0, 0.1) is 0 Å². The van der Waals surface area contributed by atoms with Crippen molar-refractivity contribution in [2.75, 3.05) is 40.9 Å². The first-order valence-electron chi connectivity index (χ1n) is 7.80. The summed E-state index contributed by atoms with van der Waals surface area (Å²) in [4.78, 5) is 2.36. The summed E-state index contributed by atoms with van der Waals surface area (Å²) in [5.74, 6) is 1.71. The lowest BCUT2D eigenvalue weighted by atomic mass is 10.0. The molecule has 0 saturated heterocycles. The van der Waals surface area contributed by atoms with Crippen molar-refractivity contribution in [2.45, 2.75) is 32.7 Å². The lowest BCUT2D eigenvalue weighted by Gasteiger charge is -2.26. The van der Waals surface area contributed by atoms with Gasteiger partial charge in [0, 0.05) is 24.2 Å². The largest absolute Gasteiger partial charge is 0.497 e. The van der Waals surface area contributed by atoms with Crippen LogP contribution in [0.1, 0.15) is 38.3 Å². The number of hydrogen-bond acceptors (Lipinski definition) is 4. The Morgan fingerprint density at radius 3 is 2.48 bits per heavy atom. The number of nitrogens with zero attached hydrogens (tertiary/aromatic N) is 1. The van der Waals surface area contributed by atoms with Crippen LogP contribution in [-0.4, -0.2) is 45.8 Å². The van der Waals surface area contributed by atoms with Gasteiger partial charge in [-0.25, -0.2) is 0 Å². The fourth-order valence-corrected chi connectivity index (χ4v) is 2.48. The van der Waals surface area contributed by atoms with Gasteiger partial charge < -0.3 is 19.7 Å². The molecule has 0 spiro atoms. The molecule has 0 amide bonds. The average Bonchev–Trinajstić information content (AvgIpc) is 2.51. The van der Waals surface area contributed by atoms with Gasteiger partial charge in [0.05, 0.1) is 14.2 Å². The highest BCUT2D eigenvalue weighted by atomic mass is 16.5. The van der Waals surface area contributed by atoms with E-state index in [1.54, 1.807) is 14.2 Å². The highest BCUT2D eigenvalue weighted by Crippen LogP contribution is 2.30. The first-order chi connectivity index (χ1) is 10.2. The first-order valence-corrected chi connectivity index (χ1v) is 7.80. The SMILES string of the molecule is CCCNC(CN(C)CCC)c1ccc(OC)cc1OC. The van der Waals surface area contributed by atoms with Gasteiger partial charge in [0.15, 0.2) is 0 Å². The van der Waals surface area contributed by atoms with Crippen LogP contribution in [0.3, 0.4) is 0 Å². The van der Waals surface area contributed by atoms with Crippen molar-refractivity contribution in [3.63, 3.8) is 0 Å². The van der Waals surface area contributed by atoms with Gasteiger partial charge in [0.25, 0.3) is 0 Å². The standard InChI is InChI=1S/C17H30N2O2/c1-6-10-18-16(13-19(3)11-7-2)15-9-8-14(20-4)12-17(15)21-5/h8-9,12,16,18H,6-7,10-11,13H2,1-5H3. The number of benzene rings is 1. The molecule has 0 aliphatic rings. The van der Waals surface area contributed by atoms with E-state index in [1.807, 2.05) is 12.1 Å². The number of hydrogen-bond donors (Lipinski definition) is 1. The normalized spacial score (nSPS) is 12.5. The van der Waals surface area contributed by atoms with Crippen LogP contribution >= 0.6 is 0 Å². The Balaban J connectivity index is 2.95. The van der Waals surface area contributed by atoms with Gasteiger partial charge >= 0.3 is 0 Å². The summed E-state index contributed by atoms with van der Waals surface area (Å²) in [5.41, 5.74) is 1.19. The van der Waals surface area contributed by atoms with Crippen molar-refractivity contribution in [1.29, 1.82) is 0 Å². The maximum absolute atomic E-state index is 5.55. The molecule has 4 heteroatoms. The van der Waals surface area contributed by atoms with Crippen LogP contribution in [0.5, 0.6) is 11.5 Å². The molecule has 1 N–H and O–H groups in total. The molecule has 0 saturated carbocycles. The Labute approximate surface area is 129 Å². The van der Waals surface area contributed by atoms with Gasteiger partial charge in [-0.2, -0.15) is 0 Å².